The number of carbonyl (C=O) groups is 1. The van der Waals surface area contributed by atoms with Crippen molar-refractivity contribution in [3.63, 3.8) is 0 Å². The second-order valence-corrected chi connectivity index (χ2v) is 3.56. The number of urea groups is 1. The van der Waals surface area contributed by atoms with Crippen molar-refractivity contribution in [2.24, 2.45) is 10.7 Å². The first kappa shape index (κ1) is 9.57. The first-order chi connectivity index (χ1) is 5.89. The normalized spacial score (nSPS) is 19.6. The Balaban J connectivity index is 2.79. The Morgan fingerprint density at radius 2 is 2.31 bits per heavy atom. The van der Waals surface area contributed by atoms with E-state index in [9.17, 15) is 4.79 Å². The van der Waals surface area contributed by atoms with E-state index < -0.39 is 6.03 Å². The average Bonchev–Trinajstić information content (AvgIpc) is 1.78. The van der Waals surface area contributed by atoms with Crippen molar-refractivity contribution in [3.05, 3.63) is 11.8 Å². The zero-order chi connectivity index (χ0) is 10.1. The molecule has 5 nitrogen and oxygen atoms in total. The van der Waals surface area contributed by atoms with Crippen molar-refractivity contribution in [1.82, 2.24) is 10.6 Å². The Morgan fingerprint density at radius 3 is 2.77 bits per heavy atom. The summed E-state index contributed by atoms with van der Waals surface area (Å²) >= 11 is 0. The second-order valence-electron chi connectivity index (χ2n) is 3.56. The summed E-state index contributed by atoms with van der Waals surface area (Å²) in [6, 6.07) is -0.614. The lowest BCUT2D eigenvalue weighted by atomic mass is 10.0. The SMILES string of the molecule is CC1=CC(C)(C)N=C(NC(N)=O)N1. The van der Waals surface area contributed by atoms with Gasteiger partial charge in [0.2, 0.25) is 5.96 Å². The Bertz CT molecular complexity index is 287. The van der Waals surface area contributed by atoms with Crippen LogP contribution < -0.4 is 16.4 Å². The predicted octanol–water partition coefficient (Wildman–Crippen LogP) is 0.296. The van der Waals surface area contributed by atoms with Crippen molar-refractivity contribution in [2.75, 3.05) is 0 Å². The zero-order valence-corrected chi connectivity index (χ0v) is 8.01. The van der Waals surface area contributed by atoms with Crippen LogP contribution in [-0.4, -0.2) is 17.5 Å². The average molecular weight is 182 g/mol. The van der Waals surface area contributed by atoms with Gasteiger partial charge in [-0.1, -0.05) is 0 Å². The Kier molecular flexibility index (Phi) is 2.27. The van der Waals surface area contributed by atoms with E-state index in [4.69, 9.17) is 5.73 Å². The molecule has 0 saturated carbocycles. The maximum Gasteiger partial charge on any atom is 0.318 e. The molecule has 2 amide bonds. The van der Waals surface area contributed by atoms with Gasteiger partial charge in [0.25, 0.3) is 0 Å². The van der Waals surface area contributed by atoms with Gasteiger partial charge in [-0.15, -0.1) is 0 Å². The monoisotopic (exact) mass is 182 g/mol. The van der Waals surface area contributed by atoms with E-state index in [0.717, 1.165) is 5.70 Å². The fourth-order valence-corrected chi connectivity index (χ4v) is 1.28. The minimum absolute atomic E-state index is 0.298. The molecule has 72 valence electrons. The third-order valence-electron chi connectivity index (χ3n) is 1.53. The molecule has 0 atom stereocenters. The van der Waals surface area contributed by atoms with Gasteiger partial charge in [0.1, 0.15) is 0 Å². The minimum Gasteiger partial charge on any atom is -0.351 e. The highest BCUT2D eigenvalue weighted by molar-refractivity contribution is 5.96. The van der Waals surface area contributed by atoms with Crippen LogP contribution in [0.15, 0.2) is 16.8 Å². The molecule has 0 fully saturated rings. The Hall–Kier alpha value is -1.52. The Labute approximate surface area is 77.1 Å². The Morgan fingerprint density at radius 1 is 1.69 bits per heavy atom. The maximum atomic E-state index is 10.6. The van der Waals surface area contributed by atoms with Crippen molar-refractivity contribution in [2.45, 2.75) is 26.3 Å². The molecule has 1 heterocycles. The molecule has 1 aliphatic heterocycles. The van der Waals surface area contributed by atoms with Crippen molar-refractivity contribution in [1.29, 1.82) is 0 Å². The van der Waals surface area contributed by atoms with Crippen LogP contribution in [0.4, 0.5) is 4.79 Å². The molecule has 0 aromatic heterocycles. The highest BCUT2D eigenvalue weighted by atomic mass is 16.2. The summed E-state index contributed by atoms with van der Waals surface area (Å²) in [6.07, 6.45) is 1.97. The number of amides is 2. The lowest BCUT2D eigenvalue weighted by molar-refractivity contribution is 0.253. The zero-order valence-electron chi connectivity index (χ0n) is 8.01. The van der Waals surface area contributed by atoms with E-state index in [-0.39, 0.29) is 5.54 Å². The number of guanidine groups is 1. The smallest absolute Gasteiger partial charge is 0.318 e. The standard InChI is InChI=1S/C8H14N4O/c1-5-4-8(2,3)12-7(10-5)11-6(9)13/h4H,1-3H3,(H4,9,10,11,12,13). The van der Waals surface area contributed by atoms with Gasteiger partial charge in [0, 0.05) is 5.70 Å². The van der Waals surface area contributed by atoms with Crippen molar-refractivity contribution in [3.8, 4) is 0 Å². The van der Waals surface area contributed by atoms with Gasteiger partial charge in [-0.25, -0.2) is 9.79 Å². The van der Waals surface area contributed by atoms with E-state index >= 15 is 0 Å². The van der Waals surface area contributed by atoms with E-state index in [1.807, 2.05) is 26.8 Å². The molecule has 4 N–H and O–H groups in total. The molecule has 0 radical (unpaired) electrons. The molecular formula is C8H14N4O. The molecule has 1 aliphatic rings. The third kappa shape index (κ3) is 2.77. The number of carbonyl (C=O) groups excluding carboxylic acids is 1. The van der Waals surface area contributed by atoms with E-state index in [2.05, 4.69) is 15.6 Å². The first-order valence-corrected chi connectivity index (χ1v) is 4.02. The molecule has 0 aromatic rings. The molecule has 1 rings (SSSR count). The molecule has 0 saturated heterocycles. The number of primary amides is 1. The quantitative estimate of drug-likeness (QED) is 0.503. The fraction of sp³-hybridized carbons (Fsp3) is 0.500. The van der Waals surface area contributed by atoms with Crippen LogP contribution in [0.3, 0.4) is 0 Å². The number of nitrogens with zero attached hydrogens (tertiary/aromatic N) is 1. The molecule has 0 aromatic carbocycles. The molecule has 0 spiro atoms. The van der Waals surface area contributed by atoms with Crippen LogP contribution in [0.25, 0.3) is 0 Å². The number of nitrogens with two attached hydrogens (primary N) is 1. The number of nitrogens with one attached hydrogen (secondary N) is 2. The van der Waals surface area contributed by atoms with Crippen LogP contribution in [0.5, 0.6) is 0 Å². The highest BCUT2D eigenvalue weighted by Crippen LogP contribution is 2.15. The van der Waals surface area contributed by atoms with Crippen LogP contribution in [0.2, 0.25) is 0 Å². The van der Waals surface area contributed by atoms with Gasteiger partial charge < -0.3 is 11.1 Å². The first-order valence-electron chi connectivity index (χ1n) is 4.02. The summed E-state index contributed by atoms with van der Waals surface area (Å²) in [5, 5.41) is 5.31. The lowest BCUT2D eigenvalue weighted by Crippen LogP contribution is -2.46. The summed E-state index contributed by atoms with van der Waals surface area (Å²) in [7, 11) is 0. The molecular weight excluding hydrogens is 168 g/mol. The maximum absolute atomic E-state index is 10.6. The van der Waals surface area contributed by atoms with E-state index in [0.29, 0.717) is 5.96 Å². The molecule has 5 heteroatoms. The summed E-state index contributed by atoms with van der Waals surface area (Å²) in [5.41, 5.74) is 5.62. The van der Waals surface area contributed by atoms with Crippen molar-refractivity contribution < 1.29 is 4.79 Å². The molecule has 0 bridgehead atoms. The van der Waals surface area contributed by atoms with Crippen LogP contribution in [-0.2, 0) is 0 Å². The van der Waals surface area contributed by atoms with Gasteiger partial charge in [-0.3, -0.25) is 5.32 Å². The largest absolute Gasteiger partial charge is 0.351 e. The minimum atomic E-state index is -0.614. The second kappa shape index (κ2) is 3.08. The summed E-state index contributed by atoms with van der Waals surface area (Å²) < 4.78 is 0. The van der Waals surface area contributed by atoms with Crippen LogP contribution in [0.1, 0.15) is 20.8 Å². The number of hydrogen-bond donors (Lipinski definition) is 3. The third-order valence-corrected chi connectivity index (χ3v) is 1.53. The molecule has 13 heavy (non-hydrogen) atoms. The van der Waals surface area contributed by atoms with E-state index in [1.54, 1.807) is 0 Å². The highest BCUT2D eigenvalue weighted by Gasteiger charge is 2.19. The summed E-state index contributed by atoms with van der Waals surface area (Å²) in [4.78, 5) is 14.8. The van der Waals surface area contributed by atoms with Crippen molar-refractivity contribution >= 4 is 12.0 Å². The van der Waals surface area contributed by atoms with Gasteiger partial charge in [0.05, 0.1) is 5.54 Å². The van der Waals surface area contributed by atoms with Gasteiger partial charge in [-0.05, 0) is 26.8 Å². The summed E-state index contributed by atoms with van der Waals surface area (Å²) in [6.45, 7) is 5.79. The molecule has 0 aliphatic carbocycles. The topological polar surface area (TPSA) is 79.5 Å². The number of hydrogen-bond acceptors (Lipinski definition) is 3. The summed E-state index contributed by atoms with van der Waals surface area (Å²) in [5.74, 6) is 0.400. The van der Waals surface area contributed by atoms with Crippen LogP contribution >= 0.6 is 0 Å². The lowest BCUT2D eigenvalue weighted by Gasteiger charge is -2.24. The number of allylic oxidation sites excluding steroid dienone is 1. The van der Waals surface area contributed by atoms with Gasteiger partial charge in [0.15, 0.2) is 0 Å². The van der Waals surface area contributed by atoms with Gasteiger partial charge in [-0.2, -0.15) is 0 Å². The van der Waals surface area contributed by atoms with Gasteiger partial charge >= 0.3 is 6.03 Å². The number of rotatable bonds is 0. The number of aliphatic imine (C=N–C) groups is 1. The van der Waals surface area contributed by atoms with Crippen LogP contribution in [0, 0.1) is 0 Å². The predicted molar refractivity (Wildman–Crippen MR) is 51.1 cm³/mol. The fourth-order valence-electron chi connectivity index (χ4n) is 1.28. The van der Waals surface area contributed by atoms with E-state index in [1.165, 1.54) is 0 Å². The molecule has 0 unspecified atom stereocenters.